The number of hydrogen-bond acceptors (Lipinski definition) is 4. The van der Waals surface area contributed by atoms with Gasteiger partial charge in [-0.05, 0) is 69.7 Å². The maximum absolute atomic E-state index is 13.8. The standard InChI is InChI=1S/C28H32ClN3O4S/c1-5-30-28(34)22(4)31(18-23-8-6-7-21(3)17-23)27(33)19-32(25-13-11-24(29)12-14-25)37(35,36)26-15-9-20(2)10-16-26/h6-17,22H,5,18-19H2,1-4H3,(H,30,34). The zero-order valence-electron chi connectivity index (χ0n) is 21.4. The van der Waals surface area contributed by atoms with Crippen molar-refractivity contribution in [3.05, 3.63) is 94.5 Å². The van der Waals surface area contributed by atoms with E-state index in [-0.39, 0.29) is 17.3 Å². The molecule has 1 atom stereocenters. The predicted molar refractivity (Wildman–Crippen MR) is 147 cm³/mol. The van der Waals surface area contributed by atoms with Crippen LogP contribution < -0.4 is 9.62 Å². The molecule has 0 radical (unpaired) electrons. The monoisotopic (exact) mass is 541 g/mol. The highest BCUT2D eigenvalue weighted by Crippen LogP contribution is 2.26. The SMILES string of the molecule is CCNC(=O)C(C)N(Cc1cccc(C)c1)C(=O)CN(c1ccc(Cl)cc1)S(=O)(=O)c1ccc(C)cc1. The normalized spacial score (nSPS) is 12.0. The predicted octanol–water partition coefficient (Wildman–Crippen LogP) is 4.71. The van der Waals surface area contributed by atoms with E-state index in [0.717, 1.165) is 21.0 Å². The third-order valence-electron chi connectivity index (χ3n) is 5.96. The Labute approximate surface area is 224 Å². The molecule has 7 nitrogen and oxygen atoms in total. The molecule has 3 rings (SSSR count). The molecule has 1 unspecified atom stereocenters. The van der Waals surface area contributed by atoms with E-state index in [1.165, 1.54) is 17.0 Å². The van der Waals surface area contributed by atoms with Gasteiger partial charge in [-0.3, -0.25) is 13.9 Å². The summed E-state index contributed by atoms with van der Waals surface area (Å²) in [4.78, 5) is 28.0. The summed E-state index contributed by atoms with van der Waals surface area (Å²) >= 11 is 6.04. The van der Waals surface area contributed by atoms with Crippen molar-refractivity contribution in [2.24, 2.45) is 0 Å². The zero-order valence-corrected chi connectivity index (χ0v) is 23.0. The first kappa shape index (κ1) is 28.2. The largest absolute Gasteiger partial charge is 0.355 e. The topological polar surface area (TPSA) is 86.8 Å². The molecule has 3 aromatic carbocycles. The first-order chi connectivity index (χ1) is 17.5. The van der Waals surface area contributed by atoms with Crippen molar-refractivity contribution in [3.8, 4) is 0 Å². The molecule has 0 aliphatic rings. The van der Waals surface area contributed by atoms with E-state index in [4.69, 9.17) is 11.6 Å². The van der Waals surface area contributed by atoms with Gasteiger partial charge < -0.3 is 10.2 Å². The molecule has 0 saturated carbocycles. The molecule has 9 heteroatoms. The highest BCUT2D eigenvalue weighted by molar-refractivity contribution is 7.92. The molecular formula is C28H32ClN3O4S. The summed E-state index contributed by atoms with van der Waals surface area (Å²) in [5.41, 5.74) is 3.05. The maximum Gasteiger partial charge on any atom is 0.264 e. The molecule has 0 aromatic heterocycles. The number of aryl methyl sites for hydroxylation is 2. The fourth-order valence-electron chi connectivity index (χ4n) is 3.89. The molecule has 0 fully saturated rings. The van der Waals surface area contributed by atoms with Gasteiger partial charge in [0.2, 0.25) is 11.8 Å². The Morgan fingerprint density at radius 2 is 1.59 bits per heavy atom. The van der Waals surface area contributed by atoms with Crippen LogP contribution >= 0.6 is 11.6 Å². The van der Waals surface area contributed by atoms with Crippen LogP contribution in [-0.4, -0.2) is 44.3 Å². The number of carbonyl (C=O) groups is 2. The van der Waals surface area contributed by atoms with E-state index >= 15 is 0 Å². The second-order valence-electron chi connectivity index (χ2n) is 8.88. The van der Waals surface area contributed by atoms with Crippen LogP contribution in [0.1, 0.15) is 30.5 Å². The molecule has 196 valence electrons. The second kappa shape index (κ2) is 12.3. The Balaban J connectivity index is 2.02. The van der Waals surface area contributed by atoms with Gasteiger partial charge in [-0.25, -0.2) is 8.42 Å². The smallest absolute Gasteiger partial charge is 0.264 e. The molecule has 0 spiro atoms. The van der Waals surface area contributed by atoms with E-state index in [1.807, 2.05) is 38.1 Å². The Hall–Kier alpha value is -3.36. The molecule has 0 aliphatic carbocycles. The molecule has 37 heavy (non-hydrogen) atoms. The van der Waals surface area contributed by atoms with Gasteiger partial charge >= 0.3 is 0 Å². The Kier molecular flexibility index (Phi) is 9.34. The average Bonchev–Trinajstić information content (AvgIpc) is 2.86. The number of hydrogen-bond donors (Lipinski definition) is 1. The first-order valence-electron chi connectivity index (χ1n) is 12.0. The number of anilines is 1. The van der Waals surface area contributed by atoms with Crippen LogP contribution in [0, 0.1) is 13.8 Å². The fraction of sp³-hybridized carbons (Fsp3) is 0.286. The van der Waals surface area contributed by atoms with Gasteiger partial charge in [0.25, 0.3) is 10.0 Å². The van der Waals surface area contributed by atoms with Crippen LogP contribution in [-0.2, 0) is 26.2 Å². The number of benzene rings is 3. The second-order valence-corrected chi connectivity index (χ2v) is 11.2. The number of likely N-dealkylation sites (N-methyl/N-ethyl adjacent to an activating group) is 1. The Morgan fingerprint density at radius 1 is 0.946 bits per heavy atom. The molecule has 2 amide bonds. The van der Waals surface area contributed by atoms with Gasteiger partial charge in [0.05, 0.1) is 10.6 Å². The minimum Gasteiger partial charge on any atom is -0.355 e. The van der Waals surface area contributed by atoms with Crippen LogP contribution in [0.25, 0.3) is 0 Å². The number of carbonyl (C=O) groups excluding carboxylic acids is 2. The Bertz CT molecular complexity index is 1340. The minimum absolute atomic E-state index is 0.0582. The van der Waals surface area contributed by atoms with Crippen LogP contribution in [0.4, 0.5) is 5.69 Å². The van der Waals surface area contributed by atoms with E-state index in [0.29, 0.717) is 17.3 Å². The van der Waals surface area contributed by atoms with Crippen molar-refractivity contribution < 1.29 is 18.0 Å². The quantitative estimate of drug-likeness (QED) is 0.403. The zero-order chi connectivity index (χ0) is 27.2. The van der Waals surface area contributed by atoms with Gasteiger partial charge in [0, 0.05) is 18.1 Å². The summed E-state index contributed by atoms with van der Waals surface area (Å²) in [5.74, 6) is -0.825. The highest BCUT2D eigenvalue weighted by atomic mass is 35.5. The van der Waals surface area contributed by atoms with E-state index in [1.54, 1.807) is 50.2 Å². The van der Waals surface area contributed by atoms with Gasteiger partial charge in [0.15, 0.2) is 0 Å². The van der Waals surface area contributed by atoms with Crippen molar-refractivity contribution in [1.82, 2.24) is 10.2 Å². The van der Waals surface area contributed by atoms with Crippen LogP contribution in [0.15, 0.2) is 77.7 Å². The van der Waals surface area contributed by atoms with E-state index < -0.39 is 28.5 Å². The minimum atomic E-state index is -4.11. The lowest BCUT2D eigenvalue weighted by Crippen LogP contribution is -2.51. The number of amides is 2. The molecule has 1 N–H and O–H groups in total. The van der Waals surface area contributed by atoms with Crippen LogP contribution in [0.2, 0.25) is 5.02 Å². The average molecular weight is 542 g/mol. The van der Waals surface area contributed by atoms with Gasteiger partial charge in [-0.2, -0.15) is 0 Å². The lowest BCUT2D eigenvalue weighted by Gasteiger charge is -2.32. The number of nitrogens with zero attached hydrogens (tertiary/aromatic N) is 2. The first-order valence-corrected chi connectivity index (χ1v) is 13.8. The Morgan fingerprint density at radius 3 is 2.19 bits per heavy atom. The summed E-state index contributed by atoms with van der Waals surface area (Å²) in [6, 6.07) is 19.5. The number of sulfonamides is 1. The van der Waals surface area contributed by atoms with Crippen molar-refractivity contribution in [2.45, 2.75) is 45.2 Å². The molecular weight excluding hydrogens is 510 g/mol. The van der Waals surface area contributed by atoms with Gasteiger partial charge in [-0.1, -0.05) is 59.1 Å². The highest BCUT2D eigenvalue weighted by Gasteiger charge is 2.32. The number of rotatable bonds is 10. The summed E-state index contributed by atoms with van der Waals surface area (Å²) < 4.78 is 28.5. The van der Waals surface area contributed by atoms with E-state index in [9.17, 15) is 18.0 Å². The van der Waals surface area contributed by atoms with Gasteiger partial charge in [-0.15, -0.1) is 0 Å². The van der Waals surface area contributed by atoms with Crippen molar-refractivity contribution in [1.29, 1.82) is 0 Å². The summed E-state index contributed by atoms with van der Waals surface area (Å²) in [5, 5.41) is 3.19. The number of halogens is 1. The van der Waals surface area contributed by atoms with Crippen LogP contribution in [0.3, 0.4) is 0 Å². The van der Waals surface area contributed by atoms with Gasteiger partial charge in [0.1, 0.15) is 12.6 Å². The third-order valence-corrected chi connectivity index (χ3v) is 8.00. The van der Waals surface area contributed by atoms with Crippen molar-refractivity contribution in [3.63, 3.8) is 0 Å². The summed E-state index contributed by atoms with van der Waals surface area (Å²) in [6.07, 6.45) is 0. The molecule has 0 heterocycles. The maximum atomic E-state index is 13.8. The third kappa shape index (κ3) is 7.11. The fourth-order valence-corrected chi connectivity index (χ4v) is 5.43. The lowest BCUT2D eigenvalue weighted by molar-refractivity contribution is -0.139. The van der Waals surface area contributed by atoms with Crippen molar-refractivity contribution >= 4 is 39.1 Å². The van der Waals surface area contributed by atoms with Crippen LogP contribution in [0.5, 0.6) is 0 Å². The summed E-state index contributed by atoms with van der Waals surface area (Å²) in [6.45, 7) is 7.31. The molecule has 0 bridgehead atoms. The number of nitrogens with one attached hydrogen (secondary N) is 1. The molecule has 0 aliphatic heterocycles. The molecule has 0 saturated heterocycles. The van der Waals surface area contributed by atoms with Crippen molar-refractivity contribution in [2.75, 3.05) is 17.4 Å². The summed E-state index contributed by atoms with van der Waals surface area (Å²) in [7, 11) is -4.11. The van der Waals surface area contributed by atoms with E-state index in [2.05, 4.69) is 5.32 Å². The lowest BCUT2D eigenvalue weighted by atomic mass is 10.1. The molecule has 3 aromatic rings.